The Kier molecular flexibility index (Phi) is 4.06. The molecule has 3 aromatic carbocycles. The Labute approximate surface area is 164 Å². The van der Waals surface area contributed by atoms with Crippen LogP contribution in [0.3, 0.4) is 0 Å². The predicted octanol–water partition coefficient (Wildman–Crippen LogP) is 5.31. The van der Waals surface area contributed by atoms with Crippen molar-refractivity contribution in [2.45, 2.75) is 19.3 Å². The maximum Gasteiger partial charge on any atom is 0.133 e. The van der Waals surface area contributed by atoms with Gasteiger partial charge in [0.25, 0.3) is 0 Å². The lowest BCUT2D eigenvalue weighted by atomic mass is 9.98. The van der Waals surface area contributed by atoms with Crippen LogP contribution in [0, 0.1) is 11.3 Å². The number of anilines is 1. The molecular formula is C24H20N4. The maximum atomic E-state index is 9.10. The summed E-state index contributed by atoms with van der Waals surface area (Å²) in [6.45, 7) is 0.948. The number of benzene rings is 3. The van der Waals surface area contributed by atoms with Gasteiger partial charge in [-0.3, -0.25) is 0 Å². The van der Waals surface area contributed by atoms with E-state index in [2.05, 4.69) is 53.9 Å². The van der Waals surface area contributed by atoms with Gasteiger partial charge in [-0.1, -0.05) is 42.5 Å². The molecule has 1 N–H and O–H groups in total. The third-order valence-electron chi connectivity index (χ3n) is 5.42. The Morgan fingerprint density at radius 1 is 0.929 bits per heavy atom. The Bertz CT molecular complexity index is 1190. The van der Waals surface area contributed by atoms with E-state index in [4.69, 9.17) is 10.4 Å². The summed E-state index contributed by atoms with van der Waals surface area (Å²) in [5.74, 6) is 1.07. The Hall–Kier alpha value is -3.58. The van der Waals surface area contributed by atoms with Crippen LogP contribution in [0.5, 0.6) is 0 Å². The smallest absolute Gasteiger partial charge is 0.133 e. The summed E-state index contributed by atoms with van der Waals surface area (Å²) in [6.07, 6.45) is 3.31. The first kappa shape index (κ1) is 16.6. The van der Waals surface area contributed by atoms with Crippen LogP contribution < -0.4 is 5.32 Å². The van der Waals surface area contributed by atoms with Crippen molar-refractivity contribution in [3.05, 3.63) is 77.9 Å². The van der Waals surface area contributed by atoms with Crippen molar-refractivity contribution in [3.63, 3.8) is 0 Å². The third kappa shape index (κ3) is 2.73. The molecule has 0 spiro atoms. The van der Waals surface area contributed by atoms with E-state index in [1.165, 1.54) is 21.9 Å². The Morgan fingerprint density at radius 2 is 1.75 bits per heavy atom. The van der Waals surface area contributed by atoms with Crippen LogP contribution in [0.1, 0.15) is 24.0 Å². The van der Waals surface area contributed by atoms with Gasteiger partial charge < -0.3 is 5.32 Å². The van der Waals surface area contributed by atoms with Crippen LogP contribution in [0.25, 0.3) is 27.7 Å². The molecule has 4 aromatic rings. The summed E-state index contributed by atoms with van der Waals surface area (Å²) < 4.78 is 2.00. The van der Waals surface area contributed by atoms with Gasteiger partial charge >= 0.3 is 0 Å². The summed E-state index contributed by atoms with van der Waals surface area (Å²) >= 11 is 0. The van der Waals surface area contributed by atoms with Gasteiger partial charge in [-0.15, -0.1) is 0 Å². The van der Waals surface area contributed by atoms with Gasteiger partial charge in [0, 0.05) is 17.7 Å². The van der Waals surface area contributed by atoms with Gasteiger partial charge in [-0.25, -0.2) is 4.68 Å². The standard InChI is InChI=1S/C24H20N4/c25-16-17-11-13-19(14-12-17)28-24-22(9-3-4-15-26-24)23(27-28)21-10-5-7-18-6-1-2-8-20(18)21/h1-2,5-8,10-14,26H,3-4,9,15H2. The topological polar surface area (TPSA) is 53.6 Å². The van der Waals surface area contributed by atoms with Gasteiger partial charge in [-0.05, 0) is 54.3 Å². The molecule has 1 aliphatic heterocycles. The lowest BCUT2D eigenvalue weighted by molar-refractivity contribution is 0.780. The molecule has 0 saturated carbocycles. The number of nitrogens with zero attached hydrogens (tertiary/aromatic N) is 3. The molecular weight excluding hydrogens is 344 g/mol. The molecule has 0 saturated heterocycles. The minimum Gasteiger partial charge on any atom is -0.370 e. The lowest BCUT2D eigenvalue weighted by Crippen LogP contribution is -2.07. The Balaban J connectivity index is 1.74. The van der Waals surface area contributed by atoms with Gasteiger partial charge in [0.1, 0.15) is 5.82 Å². The van der Waals surface area contributed by atoms with Crippen molar-refractivity contribution in [2.24, 2.45) is 0 Å². The number of nitrogens with one attached hydrogen (secondary N) is 1. The largest absolute Gasteiger partial charge is 0.370 e. The average molecular weight is 364 g/mol. The van der Waals surface area contributed by atoms with Gasteiger partial charge in [-0.2, -0.15) is 10.4 Å². The highest BCUT2D eigenvalue weighted by molar-refractivity contribution is 5.97. The lowest BCUT2D eigenvalue weighted by Gasteiger charge is -2.09. The van der Waals surface area contributed by atoms with Crippen molar-refractivity contribution in [2.75, 3.05) is 11.9 Å². The van der Waals surface area contributed by atoms with Gasteiger partial charge in [0.2, 0.25) is 0 Å². The number of nitriles is 1. The minimum atomic E-state index is 0.657. The van der Waals surface area contributed by atoms with E-state index < -0.39 is 0 Å². The zero-order valence-corrected chi connectivity index (χ0v) is 15.5. The van der Waals surface area contributed by atoms with E-state index in [-0.39, 0.29) is 0 Å². The van der Waals surface area contributed by atoms with E-state index in [0.29, 0.717) is 5.56 Å². The molecule has 4 heteroatoms. The molecule has 1 aliphatic rings. The molecule has 2 heterocycles. The van der Waals surface area contributed by atoms with Crippen molar-refractivity contribution >= 4 is 16.6 Å². The summed E-state index contributed by atoms with van der Waals surface area (Å²) in [5.41, 5.74) is 5.12. The Morgan fingerprint density at radius 3 is 2.61 bits per heavy atom. The second-order valence-electron chi connectivity index (χ2n) is 7.16. The first-order chi connectivity index (χ1) is 13.8. The van der Waals surface area contributed by atoms with E-state index in [1.807, 2.05) is 28.9 Å². The zero-order chi connectivity index (χ0) is 18.9. The third-order valence-corrected chi connectivity index (χ3v) is 5.42. The summed E-state index contributed by atoms with van der Waals surface area (Å²) in [6, 6.07) is 24.7. The molecule has 0 unspecified atom stereocenters. The molecule has 0 fully saturated rings. The highest BCUT2D eigenvalue weighted by Crippen LogP contribution is 2.37. The van der Waals surface area contributed by atoms with Gasteiger partial charge in [0.05, 0.1) is 23.0 Å². The first-order valence-corrected chi connectivity index (χ1v) is 9.69. The minimum absolute atomic E-state index is 0.657. The summed E-state index contributed by atoms with van der Waals surface area (Å²) in [7, 11) is 0. The predicted molar refractivity (Wildman–Crippen MR) is 113 cm³/mol. The fraction of sp³-hybridized carbons (Fsp3) is 0.167. The molecule has 0 bridgehead atoms. The van der Waals surface area contributed by atoms with E-state index in [1.54, 1.807) is 0 Å². The van der Waals surface area contributed by atoms with Crippen LogP contribution >= 0.6 is 0 Å². The maximum absolute atomic E-state index is 9.10. The molecule has 1 aromatic heterocycles. The molecule has 0 amide bonds. The first-order valence-electron chi connectivity index (χ1n) is 9.69. The normalized spacial score (nSPS) is 13.4. The van der Waals surface area contributed by atoms with Crippen LogP contribution in [-0.2, 0) is 6.42 Å². The number of aromatic nitrogens is 2. The molecule has 0 aliphatic carbocycles. The highest BCUT2D eigenvalue weighted by atomic mass is 15.3. The fourth-order valence-corrected chi connectivity index (χ4v) is 4.01. The summed E-state index contributed by atoms with van der Waals surface area (Å²) in [4.78, 5) is 0. The SMILES string of the molecule is N#Cc1ccc(-n2nc(-c3cccc4ccccc34)c3c2NCCCC3)cc1. The van der Waals surface area contributed by atoms with Crippen molar-refractivity contribution in [1.82, 2.24) is 9.78 Å². The van der Waals surface area contributed by atoms with Crippen molar-refractivity contribution in [3.8, 4) is 23.0 Å². The second kappa shape index (κ2) is 6.86. The quantitative estimate of drug-likeness (QED) is 0.524. The van der Waals surface area contributed by atoms with E-state index >= 15 is 0 Å². The molecule has 0 radical (unpaired) electrons. The van der Waals surface area contributed by atoms with Gasteiger partial charge in [0.15, 0.2) is 0 Å². The number of rotatable bonds is 2. The van der Waals surface area contributed by atoms with Crippen LogP contribution in [0.4, 0.5) is 5.82 Å². The number of fused-ring (bicyclic) bond motifs is 2. The van der Waals surface area contributed by atoms with Crippen molar-refractivity contribution < 1.29 is 0 Å². The van der Waals surface area contributed by atoms with E-state index in [9.17, 15) is 0 Å². The molecule has 0 atom stereocenters. The molecule has 136 valence electrons. The molecule has 4 nitrogen and oxygen atoms in total. The zero-order valence-electron chi connectivity index (χ0n) is 15.5. The summed E-state index contributed by atoms with van der Waals surface area (Å²) in [5, 5.41) is 20.2. The number of hydrogen-bond donors (Lipinski definition) is 1. The number of hydrogen-bond acceptors (Lipinski definition) is 3. The van der Waals surface area contributed by atoms with Crippen LogP contribution in [0.2, 0.25) is 0 Å². The average Bonchev–Trinajstić information content (AvgIpc) is 2.94. The molecule has 5 rings (SSSR count). The second-order valence-corrected chi connectivity index (χ2v) is 7.16. The monoisotopic (exact) mass is 364 g/mol. The van der Waals surface area contributed by atoms with E-state index in [0.717, 1.165) is 43.0 Å². The fourth-order valence-electron chi connectivity index (χ4n) is 4.01. The highest BCUT2D eigenvalue weighted by Gasteiger charge is 2.22. The van der Waals surface area contributed by atoms with Crippen molar-refractivity contribution in [1.29, 1.82) is 5.26 Å². The molecule has 28 heavy (non-hydrogen) atoms. The van der Waals surface area contributed by atoms with Crippen LogP contribution in [0.15, 0.2) is 66.7 Å². The van der Waals surface area contributed by atoms with Crippen LogP contribution in [-0.4, -0.2) is 16.3 Å².